The minimum Gasteiger partial charge on any atom is -0.491 e. The van der Waals surface area contributed by atoms with E-state index in [-0.39, 0.29) is 5.91 Å². The van der Waals surface area contributed by atoms with Crippen LogP contribution < -0.4 is 14.8 Å². The van der Waals surface area contributed by atoms with Crippen molar-refractivity contribution in [1.82, 2.24) is 5.32 Å². The molecule has 4 nitrogen and oxygen atoms in total. The molecular formula is C20H25NO3. The highest BCUT2D eigenvalue weighted by molar-refractivity contribution is 5.81. The van der Waals surface area contributed by atoms with E-state index in [1.807, 2.05) is 56.3 Å². The third-order valence-corrected chi connectivity index (χ3v) is 3.90. The monoisotopic (exact) mass is 327 g/mol. The zero-order chi connectivity index (χ0) is 17.4. The SMILES string of the molecule is CCC(Oc1ccccc1)C(=O)NCCOc1cccc(C)c1C. The molecule has 0 saturated heterocycles. The number of rotatable bonds is 8. The summed E-state index contributed by atoms with van der Waals surface area (Å²) in [6.45, 7) is 6.89. The zero-order valence-corrected chi connectivity index (χ0v) is 14.5. The molecule has 128 valence electrons. The van der Waals surface area contributed by atoms with Gasteiger partial charge in [-0.25, -0.2) is 0 Å². The van der Waals surface area contributed by atoms with E-state index in [1.165, 1.54) is 5.56 Å². The average molecular weight is 327 g/mol. The molecule has 24 heavy (non-hydrogen) atoms. The number of carbonyl (C=O) groups excluding carboxylic acids is 1. The fraction of sp³-hybridized carbons (Fsp3) is 0.350. The van der Waals surface area contributed by atoms with Crippen LogP contribution in [0.15, 0.2) is 48.5 Å². The second-order valence-electron chi connectivity index (χ2n) is 5.67. The molecule has 0 saturated carbocycles. The number of hydrogen-bond acceptors (Lipinski definition) is 3. The van der Waals surface area contributed by atoms with E-state index in [9.17, 15) is 4.79 Å². The minimum absolute atomic E-state index is 0.120. The first-order valence-corrected chi connectivity index (χ1v) is 8.30. The Morgan fingerprint density at radius 1 is 1.08 bits per heavy atom. The second kappa shape index (κ2) is 8.96. The van der Waals surface area contributed by atoms with Crippen LogP contribution in [0.2, 0.25) is 0 Å². The number of aryl methyl sites for hydroxylation is 1. The zero-order valence-electron chi connectivity index (χ0n) is 14.5. The van der Waals surface area contributed by atoms with E-state index in [1.54, 1.807) is 0 Å². The molecule has 4 heteroatoms. The Bertz CT molecular complexity index is 655. The van der Waals surface area contributed by atoms with E-state index in [4.69, 9.17) is 9.47 Å². The van der Waals surface area contributed by atoms with Gasteiger partial charge in [-0.2, -0.15) is 0 Å². The smallest absolute Gasteiger partial charge is 0.261 e. The van der Waals surface area contributed by atoms with Crippen LogP contribution in [0, 0.1) is 13.8 Å². The Hall–Kier alpha value is -2.49. The van der Waals surface area contributed by atoms with Crippen LogP contribution in [0.25, 0.3) is 0 Å². The van der Waals surface area contributed by atoms with E-state index in [0.717, 1.165) is 11.3 Å². The average Bonchev–Trinajstić information content (AvgIpc) is 2.60. The minimum atomic E-state index is -0.492. The number of ether oxygens (including phenoxy) is 2. The first kappa shape index (κ1) is 17.9. The molecule has 1 atom stereocenters. The molecule has 0 spiro atoms. The van der Waals surface area contributed by atoms with Crippen molar-refractivity contribution in [1.29, 1.82) is 0 Å². The predicted molar refractivity (Wildman–Crippen MR) is 95.6 cm³/mol. The van der Waals surface area contributed by atoms with Gasteiger partial charge in [-0.3, -0.25) is 4.79 Å². The van der Waals surface area contributed by atoms with E-state index >= 15 is 0 Å². The van der Waals surface area contributed by atoms with Crippen LogP contribution in [-0.4, -0.2) is 25.2 Å². The van der Waals surface area contributed by atoms with Crippen molar-refractivity contribution >= 4 is 5.91 Å². The van der Waals surface area contributed by atoms with E-state index in [2.05, 4.69) is 18.3 Å². The van der Waals surface area contributed by atoms with Gasteiger partial charge in [-0.15, -0.1) is 0 Å². The van der Waals surface area contributed by atoms with Crippen molar-refractivity contribution in [2.24, 2.45) is 0 Å². The number of amides is 1. The Morgan fingerprint density at radius 3 is 2.54 bits per heavy atom. The first-order valence-electron chi connectivity index (χ1n) is 8.30. The van der Waals surface area contributed by atoms with Crippen molar-refractivity contribution in [2.45, 2.75) is 33.3 Å². The van der Waals surface area contributed by atoms with E-state index in [0.29, 0.717) is 25.3 Å². The molecule has 2 aromatic rings. The van der Waals surface area contributed by atoms with Crippen LogP contribution in [0.1, 0.15) is 24.5 Å². The summed E-state index contributed by atoms with van der Waals surface area (Å²) < 4.78 is 11.5. The lowest BCUT2D eigenvalue weighted by molar-refractivity contribution is -0.128. The fourth-order valence-corrected chi connectivity index (χ4v) is 2.32. The highest BCUT2D eigenvalue weighted by Gasteiger charge is 2.17. The second-order valence-corrected chi connectivity index (χ2v) is 5.67. The lowest BCUT2D eigenvalue weighted by Gasteiger charge is -2.17. The molecule has 0 heterocycles. The molecule has 1 N–H and O–H groups in total. The fourth-order valence-electron chi connectivity index (χ4n) is 2.32. The van der Waals surface area contributed by atoms with Crippen molar-refractivity contribution in [2.75, 3.05) is 13.2 Å². The highest BCUT2D eigenvalue weighted by atomic mass is 16.5. The molecule has 2 rings (SSSR count). The Labute approximate surface area is 143 Å². The summed E-state index contributed by atoms with van der Waals surface area (Å²) >= 11 is 0. The van der Waals surface area contributed by atoms with Gasteiger partial charge in [0.2, 0.25) is 0 Å². The largest absolute Gasteiger partial charge is 0.491 e. The predicted octanol–water partition coefficient (Wildman–Crippen LogP) is 3.66. The van der Waals surface area contributed by atoms with Crippen LogP contribution in [-0.2, 0) is 4.79 Å². The topological polar surface area (TPSA) is 47.6 Å². The van der Waals surface area contributed by atoms with E-state index < -0.39 is 6.10 Å². The first-order chi connectivity index (χ1) is 11.6. The summed E-state index contributed by atoms with van der Waals surface area (Å²) in [5.74, 6) is 1.44. The van der Waals surface area contributed by atoms with Crippen LogP contribution in [0.3, 0.4) is 0 Å². The highest BCUT2D eigenvalue weighted by Crippen LogP contribution is 2.20. The third kappa shape index (κ3) is 5.01. The summed E-state index contributed by atoms with van der Waals surface area (Å²) in [7, 11) is 0. The van der Waals surface area contributed by atoms with Gasteiger partial charge in [0, 0.05) is 0 Å². The van der Waals surface area contributed by atoms with Gasteiger partial charge >= 0.3 is 0 Å². The van der Waals surface area contributed by atoms with Gasteiger partial charge < -0.3 is 14.8 Å². The number of hydrogen-bond donors (Lipinski definition) is 1. The number of benzene rings is 2. The molecule has 0 radical (unpaired) electrons. The summed E-state index contributed by atoms with van der Waals surface area (Å²) in [5, 5.41) is 2.87. The molecule has 1 amide bonds. The molecule has 0 bridgehead atoms. The lowest BCUT2D eigenvalue weighted by Crippen LogP contribution is -2.39. The van der Waals surface area contributed by atoms with Crippen LogP contribution in [0.4, 0.5) is 0 Å². The van der Waals surface area contributed by atoms with Gasteiger partial charge in [0.25, 0.3) is 5.91 Å². The van der Waals surface area contributed by atoms with Crippen molar-refractivity contribution in [3.8, 4) is 11.5 Å². The summed E-state index contributed by atoms with van der Waals surface area (Å²) in [4.78, 5) is 12.2. The summed E-state index contributed by atoms with van der Waals surface area (Å²) in [5.41, 5.74) is 2.32. The van der Waals surface area contributed by atoms with Crippen molar-refractivity contribution in [3.05, 3.63) is 59.7 Å². The number of carbonyl (C=O) groups is 1. The summed E-state index contributed by atoms with van der Waals surface area (Å²) in [6.07, 6.45) is 0.117. The standard InChI is InChI=1S/C20H25NO3/c1-4-18(24-17-10-6-5-7-11-17)20(22)21-13-14-23-19-12-8-9-15(2)16(19)3/h5-12,18H,4,13-14H2,1-3H3,(H,21,22). The normalized spacial score (nSPS) is 11.6. The van der Waals surface area contributed by atoms with Crippen molar-refractivity contribution < 1.29 is 14.3 Å². The number of para-hydroxylation sites is 1. The third-order valence-electron chi connectivity index (χ3n) is 3.90. The van der Waals surface area contributed by atoms with Gasteiger partial charge in [0.1, 0.15) is 18.1 Å². The molecule has 0 aliphatic heterocycles. The molecular weight excluding hydrogens is 302 g/mol. The Morgan fingerprint density at radius 2 is 1.83 bits per heavy atom. The molecule has 2 aromatic carbocycles. The summed E-state index contributed by atoms with van der Waals surface area (Å²) in [6, 6.07) is 15.3. The number of nitrogens with one attached hydrogen (secondary N) is 1. The Kier molecular flexibility index (Phi) is 6.67. The molecule has 0 fully saturated rings. The van der Waals surface area contributed by atoms with Gasteiger partial charge in [-0.05, 0) is 49.6 Å². The Balaban J connectivity index is 1.78. The van der Waals surface area contributed by atoms with Gasteiger partial charge in [0.05, 0.1) is 6.54 Å². The molecule has 0 aliphatic carbocycles. The maximum absolute atomic E-state index is 12.2. The van der Waals surface area contributed by atoms with Gasteiger partial charge in [-0.1, -0.05) is 37.3 Å². The van der Waals surface area contributed by atoms with Crippen LogP contribution >= 0.6 is 0 Å². The molecule has 0 aromatic heterocycles. The lowest BCUT2D eigenvalue weighted by atomic mass is 10.1. The maximum Gasteiger partial charge on any atom is 0.261 e. The molecule has 1 unspecified atom stereocenters. The van der Waals surface area contributed by atoms with Crippen molar-refractivity contribution in [3.63, 3.8) is 0 Å². The van der Waals surface area contributed by atoms with Crippen LogP contribution in [0.5, 0.6) is 11.5 Å². The quantitative estimate of drug-likeness (QED) is 0.753. The maximum atomic E-state index is 12.2. The molecule has 0 aliphatic rings. The van der Waals surface area contributed by atoms with Gasteiger partial charge in [0.15, 0.2) is 6.10 Å².